The second-order valence-electron chi connectivity index (χ2n) is 4.04. The Morgan fingerprint density at radius 3 is 2.33 bits per heavy atom. The van der Waals surface area contributed by atoms with Crippen molar-refractivity contribution in [1.29, 1.82) is 0 Å². The summed E-state index contributed by atoms with van der Waals surface area (Å²) in [6, 6.07) is 7.77. The number of rotatable bonds is 2. The highest BCUT2D eigenvalue weighted by Crippen LogP contribution is 2.22. The molecule has 1 N–H and O–H groups in total. The first-order valence-electron chi connectivity index (χ1n) is 5.49. The lowest BCUT2D eigenvalue weighted by Gasteiger charge is -2.33. The number of benzene rings is 1. The maximum atomic E-state index is 11.0. The van der Waals surface area contributed by atoms with Crippen LogP contribution in [0.3, 0.4) is 0 Å². The van der Waals surface area contributed by atoms with Crippen molar-refractivity contribution in [2.75, 3.05) is 25.0 Å². The third-order valence-corrected chi connectivity index (χ3v) is 3.11. The van der Waals surface area contributed by atoms with Crippen molar-refractivity contribution in [2.45, 2.75) is 18.9 Å². The second kappa shape index (κ2) is 4.53. The molecule has 3 heteroatoms. The van der Waals surface area contributed by atoms with Crippen LogP contribution in [0.4, 0.5) is 5.69 Å². The minimum atomic E-state index is 0.0869. The Morgan fingerprint density at radius 2 is 1.80 bits per heavy atom. The third-order valence-electron chi connectivity index (χ3n) is 3.11. The SMILES string of the molecule is CNC1CCN(c2ccc([O])cc2)CC1. The molecule has 1 aliphatic rings. The van der Waals surface area contributed by atoms with Crippen LogP contribution in [-0.4, -0.2) is 26.2 Å². The van der Waals surface area contributed by atoms with Crippen LogP contribution in [0.25, 0.3) is 0 Å². The average molecular weight is 205 g/mol. The summed E-state index contributed by atoms with van der Waals surface area (Å²) < 4.78 is 0. The fourth-order valence-electron chi connectivity index (χ4n) is 2.08. The predicted molar refractivity (Wildman–Crippen MR) is 60.9 cm³/mol. The van der Waals surface area contributed by atoms with E-state index in [1.165, 1.54) is 18.5 Å². The van der Waals surface area contributed by atoms with Gasteiger partial charge in [0.05, 0.1) is 0 Å². The number of piperidine rings is 1. The Bertz CT molecular complexity index is 302. The Balaban J connectivity index is 1.98. The highest BCUT2D eigenvalue weighted by molar-refractivity contribution is 5.49. The zero-order valence-corrected chi connectivity index (χ0v) is 9.07. The zero-order valence-electron chi connectivity index (χ0n) is 9.07. The van der Waals surface area contributed by atoms with Crippen molar-refractivity contribution in [2.24, 2.45) is 0 Å². The van der Waals surface area contributed by atoms with Gasteiger partial charge in [-0.25, -0.2) is 0 Å². The van der Waals surface area contributed by atoms with Gasteiger partial charge in [-0.15, -0.1) is 0 Å². The normalized spacial score (nSPS) is 18.1. The molecule has 1 aromatic rings. The molecule has 0 amide bonds. The molecule has 1 aliphatic heterocycles. The monoisotopic (exact) mass is 205 g/mol. The second-order valence-corrected chi connectivity index (χ2v) is 4.04. The largest absolute Gasteiger partial charge is 0.371 e. The molecule has 0 atom stereocenters. The number of anilines is 1. The Kier molecular flexibility index (Phi) is 3.11. The molecular formula is C12H17N2O. The van der Waals surface area contributed by atoms with Gasteiger partial charge in [0.15, 0.2) is 5.75 Å². The first kappa shape index (κ1) is 10.3. The van der Waals surface area contributed by atoms with Crippen molar-refractivity contribution < 1.29 is 5.11 Å². The molecule has 1 radical (unpaired) electrons. The van der Waals surface area contributed by atoms with Crippen LogP contribution in [0.1, 0.15) is 12.8 Å². The number of nitrogens with one attached hydrogen (secondary N) is 1. The molecule has 0 aromatic heterocycles. The van der Waals surface area contributed by atoms with Gasteiger partial charge < -0.3 is 10.2 Å². The van der Waals surface area contributed by atoms with E-state index < -0.39 is 0 Å². The molecule has 1 saturated heterocycles. The van der Waals surface area contributed by atoms with Crippen LogP contribution >= 0.6 is 0 Å². The third kappa shape index (κ3) is 2.42. The molecule has 1 heterocycles. The summed E-state index contributed by atoms with van der Waals surface area (Å²) in [6.07, 6.45) is 2.35. The van der Waals surface area contributed by atoms with Crippen LogP contribution in [0.5, 0.6) is 5.75 Å². The lowest BCUT2D eigenvalue weighted by molar-refractivity contribution is 0.355. The van der Waals surface area contributed by atoms with Gasteiger partial charge in [-0.3, -0.25) is 5.11 Å². The van der Waals surface area contributed by atoms with E-state index in [0.29, 0.717) is 6.04 Å². The summed E-state index contributed by atoms with van der Waals surface area (Å²) in [5.41, 5.74) is 1.17. The molecule has 1 fully saturated rings. The lowest BCUT2D eigenvalue weighted by Crippen LogP contribution is -2.41. The van der Waals surface area contributed by atoms with Crippen LogP contribution in [0.15, 0.2) is 24.3 Å². The molecular weight excluding hydrogens is 188 g/mol. The topological polar surface area (TPSA) is 35.2 Å². The molecule has 0 saturated carbocycles. The molecule has 81 valence electrons. The molecule has 15 heavy (non-hydrogen) atoms. The van der Waals surface area contributed by atoms with Gasteiger partial charge in [0.25, 0.3) is 0 Å². The van der Waals surface area contributed by atoms with E-state index in [1.807, 2.05) is 19.2 Å². The lowest BCUT2D eigenvalue weighted by atomic mass is 10.0. The van der Waals surface area contributed by atoms with E-state index in [9.17, 15) is 5.11 Å². The van der Waals surface area contributed by atoms with Gasteiger partial charge in [0, 0.05) is 24.8 Å². The summed E-state index contributed by atoms with van der Waals surface area (Å²) in [7, 11) is 2.02. The number of nitrogens with zero attached hydrogens (tertiary/aromatic N) is 1. The van der Waals surface area contributed by atoms with E-state index in [2.05, 4.69) is 10.2 Å². The summed E-state index contributed by atoms with van der Waals surface area (Å²) in [6.45, 7) is 2.15. The van der Waals surface area contributed by atoms with Crippen LogP contribution < -0.4 is 10.2 Å². The Hall–Kier alpha value is -1.22. The minimum absolute atomic E-state index is 0.0869. The number of hydrogen-bond donors (Lipinski definition) is 1. The quantitative estimate of drug-likeness (QED) is 0.801. The van der Waals surface area contributed by atoms with Crippen molar-refractivity contribution >= 4 is 5.69 Å². The van der Waals surface area contributed by atoms with Crippen molar-refractivity contribution in [3.63, 3.8) is 0 Å². The average Bonchev–Trinajstić information content (AvgIpc) is 2.30. The maximum absolute atomic E-state index is 11.0. The Morgan fingerprint density at radius 1 is 1.20 bits per heavy atom. The van der Waals surface area contributed by atoms with Gasteiger partial charge >= 0.3 is 0 Å². The standard InChI is InChI=1S/C12H17N2O/c1-13-10-6-8-14(9-7-10)11-2-4-12(15)5-3-11/h2-5,10,13H,6-9H2,1H3. The van der Waals surface area contributed by atoms with E-state index in [4.69, 9.17) is 0 Å². The first-order valence-corrected chi connectivity index (χ1v) is 5.49. The van der Waals surface area contributed by atoms with Gasteiger partial charge in [0.1, 0.15) is 0 Å². The fourth-order valence-corrected chi connectivity index (χ4v) is 2.08. The van der Waals surface area contributed by atoms with E-state index >= 15 is 0 Å². The first-order chi connectivity index (χ1) is 7.29. The smallest absolute Gasteiger partial charge is 0.178 e. The van der Waals surface area contributed by atoms with Gasteiger partial charge in [0.2, 0.25) is 0 Å². The van der Waals surface area contributed by atoms with Gasteiger partial charge in [-0.05, 0) is 44.2 Å². The maximum Gasteiger partial charge on any atom is 0.178 e. The molecule has 0 bridgehead atoms. The van der Waals surface area contributed by atoms with Crippen molar-refractivity contribution in [3.05, 3.63) is 24.3 Å². The molecule has 0 spiro atoms. The summed E-state index contributed by atoms with van der Waals surface area (Å²) in [5.74, 6) is 0.0869. The van der Waals surface area contributed by atoms with E-state index in [1.54, 1.807) is 12.1 Å². The van der Waals surface area contributed by atoms with Gasteiger partial charge in [-0.1, -0.05) is 0 Å². The molecule has 0 unspecified atom stereocenters. The van der Waals surface area contributed by atoms with Crippen molar-refractivity contribution in [1.82, 2.24) is 5.32 Å². The van der Waals surface area contributed by atoms with Crippen molar-refractivity contribution in [3.8, 4) is 5.75 Å². The molecule has 1 aromatic carbocycles. The minimum Gasteiger partial charge on any atom is -0.371 e. The van der Waals surface area contributed by atoms with Crippen LogP contribution in [-0.2, 0) is 5.11 Å². The number of hydrogen-bond acceptors (Lipinski definition) is 2. The summed E-state index contributed by atoms with van der Waals surface area (Å²) in [5, 5.41) is 14.3. The van der Waals surface area contributed by atoms with E-state index in [0.717, 1.165) is 13.1 Å². The van der Waals surface area contributed by atoms with Crippen LogP contribution in [0.2, 0.25) is 0 Å². The predicted octanol–water partition coefficient (Wildman–Crippen LogP) is 2.02. The van der Waals surface area contributed by atoms with Gasteiger partial charge in [-0.2, -0.15) is 0 Å². The highest BCUT2D eigenvalue weighted by Gasteiger charge is 2.17. The molecule has 0 aliphatic carbocycles. The summed E-state index contributed by atoms with van der Waals surface area (Å²) >= 11 is 0. The van der Waals surface area contributed by atoms with Crippen LogP contribution in [0, 0.1) is 0 Å². The highest BCUT2D eigenvalue weighted by atomic mass is 16.3. The molecule has 3 nitrogen and oxygen atoms in total. The van der Waals surface area contributed by atoms with E-state index in [-0.39, 0.29) is 5.75 Å². The molecule has 2 rings (SSSR count). The summed E-state index contributed by atoms with van der Waals surface area (Å²) in [4.78, 5) is 2.34. The zero-order chi connectivity index (χ0) is 10.7. The Labute approximate surface area is 90.7 Å². The fraction of sp³-hybridized carbons (Fsp3) is 0.500.